The normalized spacial score (nSPS) is 12.9. The number of ketones is 1. The minimum Gasteiger partial charge on any atom is -0.488 e. The Bertz CT molecular complexity index is 751. The Morgan fingerprint density at radius 3 is 2.95 bits per heavy atom. The molecule has 0 radical (unpaired) electrons. The molecule has 0 saturated heterocycles. The molecule has 3 rings (SSSR count). The van der Waals surface area contributed by atoms with Crippen LogP contribution in [0, 0.1) is 18.3 Å². The molecule has 1 aliphatic heterocycles. The molecule has 0 N–H and O–H groups in total. The van der Waals surface area contributed by atoms with E-state index >= 15 is 0 Å². The van der Waals surface area contributed by atoms with Crippen LogP contribution in [0.15, 0.2) is 24.3 Å². The molecular formula is C16H14N2O2. The average Bonchev–Trinajstić information content (AvgIpc) is 2.65. The smallest absolute Gasteiger partial charge is 0.213 e. The Morgan fingerprint density at radius 1 is 1.40 bits per heavy atom. The van der Waals surface area contributed by atoms with Crippen LogP contribution in [0.2, 0.25) is 0 Å². The third-order valence-electron chi connectivity index (χ3n) is 3.65. The zero-order valence-corrected chi connectivity index (χ0v) is 11.4. The Morgan fingerprint density at radius 2 is 2.20 bits per heavy atom. The molecule has 0 saturated carbocycles. The van der Waals surface area contributed by atoms with E-state index in [1.54, 1.807) is 10.6 Å². The van der Waals surface area contributed by atoms with Crippen molar-refractivity contribution in [2.75, 3.05) is 0 Å². The van der Waals surface area contributed by atoms with Gasteiger partial charge in [0.1, 0.15) is 12.4 Å². The number of ether oxygens (including phenoxy) is 1. The summed E-state index contributed by atoms with van der Waals surface area (Å²) in [5, 5.41) is 8.84. The molecule has 1 aliphatic rings. The lowest BCUT2D eigenvalue weighted by atomic mass is 10.0. The molecular weight excluding hydrogens is 252 g/mol. The molecule has 4 nitrogen and oxygen atoms in total. The summed E-state index contributed by atoms with van der Waals surface area (Å²) in [6.07, 6.45) is 0.289. The van der Waals surface area contributed by atoms with Gasteiger partial charge in [0.2, 0.25) is 5.78 Å². The average molecular weight is 266 g/mol. The second kappa shape index (κ2) is 4.53. The maximum absolute atomic E-state index is 12.7. The van der Waals surface area contributed by atoms with Crippen molar-refractivity contribution in [3.63, 3.8) is 0 Å². The number of carbonyl (C=O) groups excluding carboxylic acids is 1. The first-order chi connectivity index (χ1) is 9.61. The zero-order chi connectivity index (χ0) is 14.3. The fourth-order valence-electron chi connectivity index (χ4n) is 2.60. The van der Waals surface area contributed by atoms with Crippen molar-refractivity contribution < 1.29 is 9.53 Å². The van der Waals surface area contributed by atoms with Gasteiger partial charge in [0.25, 0.3) is 0 Å². The van der Waals surface area contributed by atoms with Crippen molar-refractivity contribution in [1.29, 1.82) is 5.26 Å². The van der Waals surface area contributed by atoms with Crippen LogP contribution < -0.4 is 4.74 Å². The second-order valence-electron chi connectivity index (χ2n) is 5.02. The van der Waals surface area contributed by atoms with Crippen LogP contribution in [0.5, 0.6) is 5.75 Å². The zero-order valence-electron chi connectivity index (χ0n) is 11.4. The fraction of sp³-hybridized carbons (Fsp3) is 0.250. The second-order valence-corrected chi connectivity index (χ2v) is 5.02. The standard InChI is InChI=1S/C16H14N2O2/c1-10-3-4-13-14(7-10)20-9-11-8-12(5-6-17)18(2)15(11)16(13)19/h3-4,7-8H,5,9H2,1-2H3. The van der Waals surface area contributed by atoms with Crippen LogP contribution in [0.25, 0.3) is 0 Å². The summed E-state index contributed by atoms with van der Waals surface area (Å²) < 4.78 is 7.56. The van der Waals surface area contributed by atoms with Gasteiger partial charge < -0.3 is 9.30 Å². The first kappa shape index (κ1) is 12.5. The van der Waals surface area contributed by atoms with Crippen LogP contribution in [0.3, 0.4) is 0 Å². The topological polar surface area (TPSA) is 55.0 Å². The van der Waals surface area contributed by atoms with Crippen molar-refractivity contribution in [2.45, 2.75) is 20.0 Å². The van der Waals surface area contributed by atoms with Gasteiger partial charge in [-0.25, -0.2) is 0 Å². The highest BCUT2D eigenvalue weighted by molar-refractivity contribution is 6.11. The summed E-state index contributed by atoms with van der Waals surface area (Å²) in [5.41, 5.74) is 3.95. The maximum atomic E-state index is 12.7. The van der Waals surface area contributed by atoms with E-state index in [-0.39, 0.29) is 12.2 Å². The third kappa shape index (κ3) is 1.79. The van der Waals surface area contributed by atoms with Crippen molar-refractivity contribution in [1.82, 2.24) is 4.57 Å². The predicted molar refractivity (Wildman–Crippen MR) is 73.7 cm³/mol. The summed E-state index contributed by atoms with van der Waals surface area (Å²) in [5.74, 6) is 0.590. The van der Waals surface area contributed by atoms with E-state index in [4.69, 9.17) is 10.00 Å². The fourth-order valence-corrected chi connectivity index (χ4v) is 2.60. The minimum absolute atomic E-state index is 0.0424. The number of rotatable bonds is 1. The van der Waals surface area contributed by atoms with Gasteiger partial charge in [-0.3, -0.25) is 4.79 Å². The number of fused-ring (bicyclic) bond motifs is 2. The van der Waals surface area contributed by atoms with Crippen LogP contribution in [0.1, 0.15) is 32.9 Å². The van der Waals surface area contributed by atoms with Crippen LogP contribution >= 0.6 is 0 Å². The van der Waals surface area contributed by atoms with Crippen molar-refractivity contribution in [3.8, 4) is 11.8 Å². The molecule has 0 aliphatic carbocycles. The lowest BCUT2D eigenvalue weighted by Gasteiger charge is -2.08. The number of aryl methyl sites for hydroxylation is 1. The quantitative estimate of drug-likeness (QED) is 0.797. The van der Waals surface area contributed by atoms with E-state index in [1.807, 2.05) is 32.2 Å². The molecule has 0 bridgehead atoms. The molecule has 0 fully saturated rings. The van der Waals surface area contributed by atoms with Gasteiger partial charge in [-0.05, 0) is 30.7 Å². The summed E-state index contributed by atoms with van der Waals surface area (Å²) in [7, 11) is 1.82. The molecule has 0 spiro atoms. The van der Waals surface area contributed by atoms with E-state index in [2.05, 4.69) is 6.07 Å². The summed E-state index contributed by atoms with van der Waals surface area (Å²) in [6, 6.07) is 9.60. The van der Waals surface area contributed by atoms with Gasteiger partial charge >= 0.3 is 0 Å². The molecule has 100 valence electrons. The molecule has 2 aromatic rings. The number of benzene rings is 1. The van der Waals surface area contributed by atoms with Gasteiger partial charge in [0, 0.05) is 18.3 Å². The number of aromatic nitrogens is 1. The predicted octanol–water partition coefficient (Wildman–Crippen LogP) is 2.52. The number of nitrogens with zero attached hydrogens (tertiary/aromatic N) is 2. The number of hydrogen-bond donors (Lipinski definition) is 0. The Kier molecular flexibility index (Phi) is 2.83. The van der Waals surface area contributed by atoms with Crippen molar-refractivity contribution in [2.24, 2.45) is 7.05 Å². The first-order valence-corrected chi connectivity index (χ1v) is 6.44. The van der Waals surface area contributed by atoms with Crippen molar-refractivity contribution in [3.05, 3.63) is 52.3 Å². The molecule has 1 aromatic heterocycles. The van der Waals surface area contributed by atoms with E-state index in [9.17, 15) is 4.79 Å². The van der Waals surface area contributed by atoms with Crippen LogP contribution in [-0.4, -0.2) is 10.4 Å². The van der Waals surface area contributed by atoms with E-state index in [0.29, 0.717) is 23.6 Å². The van der Waals surface area contributed by atoms with Gasteiger partial charge in [0.15, 0.2) is 0 Å². The molecule has 1 aromatic carbocycles. The number of carbonyl (C=O) groups is 1. The maximum Gasteiger partial charge on any atom is 0.213 e. The lowest BCUT2D eigenvalue weighted by molar-refractivity contribution is 0.103. The van der Waals surface area contributed by atoms with Crippen LogP contribution in [-0.2, 0) is 20.1 Å². The summed E-state index contributed by atoms with van der Waals surface area (Å²) in [6.45, 7) is 2.33. The lowest BCUT2D eigenvalue weighted by Crippen LogP contribution is -2.10. The van der Waals surface area contributed by atoms with Gasteiger partial charge in [0.05, 0.1) is 23.7 Å². The van der Waals surface area contributed by atoms with E-state index in [0.717, 1.165) is 16.8 Å². The largest absolute Gasteiger partial charge is 0.488 e. The molecule has 0 atom stereocenters. The van der Waals surface area contributed by atoms with Gasteiger partial charge in [-0.1, -0.05) is 6.07 Å². The third-order valence-corrected chi connectivity index (χ3v) is 3.65. The van der Waals surface area contributed by atoms with E-state index < -0.39 is 0 Å². The highest BCUT2D eigenvalue weighted by Crippen LogP contribution is 2.30. The van der Waals surface area contributed by atoms with E-state index in [1.165, 1.54) is 0 Å². The molecule has 0 unspecified atom stereocenters. The van der Waals surface area contributed by atoms with Crippen LogP contribution in [0.4, 0.5) is 0 Å². The van der Waals surface area contributed by atoms with Gasteiger partial charge in [-0.2, -0.15) is 5.26 Å². The molecule has 20 heavy (non-hydrogen) atoms. The minimum atomic E-state index is -0.0424. The SMILES string of the molecule is Cc1ccc2c(c1)OCc1cc(CC#N)n(C)c1C2=O. The highest BCUT2D eigenvalue weighted by Gasteiger charge is 2.26. The summed E-state index contributed by atoms with van der Waals surface area (Å²) in [4.78, 5) is 12.7. The Labute approximate surface area is 117 Å². The summed E-state index contributed by atoms with van der Waals surface area (Å²) >= 11 is 0. The highest BCUT2D eigenvalue weighted by atomic mass is 16.5. The van der Waals surface area contributed by atoms with Crippen molar-refractivity contribution >= 4 is 5.78 Å². The molecule has 4 heteroatoms. The number of nitriles is 1. The van der Waals surface area contributed by atoms with Gasteiger partial charge in [-0.15, -0.1) is 0 Å². The first-order valence-electron chi connectivity index (χ1n) is 6.44. The Hall–Kier alpha value is -2.54. The molecule has 2 heterocycles. The monoisotopic (exact) mass is 266 g/mol. The number of hydrogen-bond acceptors (Lipinski definition) is 3. The Balaban J connectivity index is 2.16. The molecule has 0 amide bonds.